The maximum Gasteiger partial charge on any atom is 0.259 e. The molecule has 0 spiro atoms. The van der Waals surface area contributed by atoms with Crippen molar-refractivity contribution in [3.63, 3.8) is 0 Å². The number of carbonyl (C=O) groups is 1. The van der Waals surface area contributed by atoms with E-state index in [1.165, 1.54) is 6.42 Å². The topological polar surface area (TPSA) is 71.3 Å². The van der Waals surface area contributed by atoms with Gasteiger partial charge < -0.3 is 14.7 Å². The van der Waals surface area contributed by atoms with E-state index >= 15 is 0 Å². The molecule has 2 aromatic rings. The molecule has 1 aliphatic rings. The third kappa shape index (κ3) is 3.48. The molecular formula is C18H24N4O2. The Kier molecular flexibility index (Phi) is 5.25. The molecule has 3 rings (SSSR count). The Morgan fingerprint density at radius 3 is 2.83 bits per heavy atom. The highest BCUT2D eigenvalue weighted by atomic mass is 16.5. The molecule has 0 aliphatic carbocycles. The zero-order valence-corrected chi connectivity index (χ0v) is 14.3. The lowest BCUT2D eigenvalue weighted by Gasteiger charge is -2.32. The molecule has 2 aromatic heterocycles. The predicted octanol–water partition coefficient (Wildman–Crippen LogP) is 2.51. The van der Waals surface area contributed by atoms with Gasteiger partial charge in [-0.15, -0.1) is 0 Å². The van der Waals surface area contributed by atoms with Gasteiger partial charge in [0, 0.05) is 19.3 Å². The first-order valence-corrected chi connectivity index (χ1v) is 8.52. The van der Waals surface area contributed by atoms with E-state index in [0.29, 0.717) is 28.6 Å². The van der Waals surface area contributed by atoms with Crippen LogP contribution in [0.2, 0.25) is 0 Å². The van der Waals surface area contributed by atoms with Crippen LogP contribution in [0.4, 0.5) is 0 Å². The molecule has 0 saturated carbocycles. The number of piperidine rings is 1. The summed E-state index contributed by atoms with van der Waals surface area (Å²) in [4.78, 5) is 19.2. The lowest BCUT2D eigenvalue weighted by molar-refractivity contribution is 0.0686. The Balaban J connectivity index is 1.74. The van der Waals surface area contributed by atoms with Gasteiger partial charge in [0.15, 0.2) is 0 Å². The maximum atomic E-state index is 13.0. The number of hydrogen-bond donors (Lipinski definition) is 1. The van der Waals surface area contributed by atoms with E-state index in [2.05, 4.69) is 15.5 Å². The summed E-state index contributed by atoms with van der Waals surface area (Å²) in [5.41, 5.74) is 1.75. The molecule has 1 fully saturated rings. The molecule has 24 heavy (non-hydrogen) atoms. The van der Waals surface area contributed by atoms with Gasteiger partial charge in [0.1, 0.15) is 17.0 Å². The molecule has 1 saturated heterocycles. The Hall–Kier alpha value is -2.21. The van der Waals surface area contributed by atoms with Gasteiger partial charge in [-0.25, -0.2) is 0 Å². The predicted molar refractivity (Wildman–Crippen MR) is 91.6 cm³/mol. The molecule has 6 heteroatoms. The van der Waals surface area contributed by atoms with E-state index < -0.39 is 0 Å². The third-order valence-electron chi connectivity index (χ3n) is 4.69. The van der Waals surface area contributed by atoms with Gasteiger partial charge >= 0.3 is 0 Å². The van der Waals surface area contributed by atoms with Crippen molar-refractivity contribution in [2.75, 3.05) is 26.7 Å². The second kappa shape index (κ2) is 7.57. The summed E-state index contributed by atoms with van der Waals surface area (Å²) in [7, 11) is 1.98. The van der Waals surface area contributed by atoms with E-state index in [1.807, 2.05) is 30.1 Å². The third-order valence-corrected chi connectivity index (χ3v) is 4.69. The molecule has 0 aromatic carbocycles. The minimum Gasteiger partial charge on any atom is -0.360 e. The SMILES string of the molecule is CNCCC1CCN(C(=O)c2c(-c3ccccn3)noc2C)CC1. The van der Waals surface area contributed by atoms with Crippen molar-refractivity contribution in [3.8, 4) is 11.4 Å². The number of nitrogens with one attached hydrogen (secondary N) is 1. The summed E-state index contributed by atoms with van der Waals surface area (Å²) in [5, 5.41) is 7.26. The molecular weight excluding hydrogens is 304 g/mol. The molecule has 0 bridgehead atoms. The van der Waals surface area contributed by atoms with Gasteiger partial charge in [-0.3, -0.25) is 9.78 Å². The lowest BCUT2D eigenvalue weighted by atomic mass is 9.93. The Bertz CT molecular complexity index is 676. The van der Waals surface area contributed by atoms with Crippen molar-refractivity contribution < 1.29 is 9.32 Å². The fourth-order valence-corrected chi connectivity index (χ4v) is 3.23. The van der Waals surface area contributed by atoms with Crippen LogP contribution in [0.25, 0.3) is 11.4 Å². The number of hydrogen-bond acceptors (Lipinski definition) is 5. The van der Waals surface area contributed by atoms with Crippen LogP contribution >= 0.6 is 0 Å². The van der Waals surface area contributed by atoms with Gasteiger partial charge in [-0.2, -0.15) is 0 Å². The zero-order valence-electron chi connectivity index (χ0n) is 14.3. The number of amides is 1. The van der Waals surface area contributed by atoms with Crippen LogP contribution in [-0.2, 0) is 0 Å². The van der Waals surface area contributed by atoms with Gasteiger partial charge in [0.2, 0.25) is 0 Å². The second-order valence-corrected chi connectivity index (χ2v) is 6.31. The molecule has 1 amide bonds. The highest BCUT2D eigenvalue weighted by Crippen LogP contribution is 2.27. The van der Waals surface area contributed by atoms with Gasteiger partial charge in [0.25, 0.3) is 5.91 Å². The molecule has 3 heterocycles. The minimum absolute atomic E-state index is 0.00136. The van der Waals surface area contributed by atoms with Crippen LogP contribution < -0.4 is 5.32 Å². The van der Waals surface area contributed by atoms with E-state index in [4.69, 9.17) is 4.52 Å². The highest BCUT2D eigenvalue weighted by molar-refractivity contribution is 6.00. The first kappa shape index (κ1) is 16.6. The first-order chi connectivity index (χ1) is 11.7. The van der Waals surface area contributed by atoms with E-state index in [9.17, 15) is 4.79 Å². The average Bonchev–Trinajstić information content (AvgIpc) is 3.02. The van der Waals surface area contributed by atoms with Crippen LogP contribution in [0.1, 0.15) is 35.4 Å². The number of carbonyl (C=O) groups excluding carboxylic acids is 1. The van der Waals surface area contributed by atoms with E-state index in [1.54, 1.807) is 13.1 Å². The molecule has 1 aliphatic heterocycles. The van der Waals surface area contributed by atoms with Crippen molar-refractivity contribution in [2.24, 2.45) is 5.92 Å². The molecule has 6 nitrogen and oxygen atoms in total. The molecule has 128 valence electrons. The van der Waals surface area contributed by atoms with Gasteiger partial charge in [-0.05, 0) is 57.8 Å². The second-order valence-electron chi connectivity index (χ2n) is 6.31. The Morgan fingerprint density at radius 2 is 2.17 bits per heavy atom. The van der Waals surface area contributed by atoms with Crippen molar-refractivity contribution in [1.82, 2.24) is 20.4 Å². The van der Waals surface area contributed by atoms with E-state index in [-0.39, 0.29) is 5.91 Å². The summed E-state index contributed by atoms with van der Waals surface area (Å²) in [5.74, 6) is 1.25. The summed E-state index contributed by atoms with van der Waals surface area (Å²) in [6, 6.07) is 5.57. The van der Waals surface area contributed by atoms with Crippen molar-refractivity contribution in [2.45, 2.75) is 26.2 Å². The Labute approximate surface area is 142 Å². The van der Waals surface area contributed by atoms with Crippen molar-refractivity contribution in [3.05, 3.63) is 35.7 Å². The van der Waals surface area contributed by atoms with Crippen molar-refractivity contribution in [1.29, 1.82) is 0 Å². The van der Waals surface area contributed by atoms with Crippen LogP contribution in [0.15, 0.2) is 28.9 Å². The van der Waals surface area contributed by atoms with Crippen LogP contribution in [0, 0.1) is 12.8 Å². The first-order valence-electron chi connectivity index (χ1n) is 8.52. The number of aryl methyl sites for hydroxylation is 1. The average molecular weight is 328 g/mol. The van der Waals surface area contributed by atoms with Crippen molar-refractivity contribution >= 4 is 5.91 Å². The highest BCUT2D eigenvalue weighted by Gasteiger charge is 2.29. The molecule has 0 atom stereocenters. The number of likely N-dealkylation sites (tertiary alicyclic amines) is 1. The zero-order chi connectivity index (χ0) is 16.9. The standard InChI is InChI=1S/C18H24N4O2/c1-13-16(17(21-24-13)15-5-3-4-9-20-15)18(23)22-11-7-14(8-12-22)6-10-19-2/h3-5,9,14,19H,6-8,10-12H2,1-2H3. The number of pyridine rings is 1. The maximum absolute atomic E-state index is 13.0. The van der Waals surface area contributed by atoms with Gasteiger partial charge in [-0.1, -0.05) is 11.2 Å². The number of rotatable bonds is 5. The summed E-state index contributed by atoms with van der Waals surface area (Å²) in [6.45, 7) is 4.40. The molecule has 1 N–H and O–H groups in total. The molecule has 0 radical (unpaired) electrons. The number of aromatic nitrogens is 2. The lowest BCUT2D eigenvalue weighted by Crippen LogP contribution is -2.39. The normalized spacial score (nSPS) is 15.7. The van der Waals surface area contributed by atoms with Crippen LogP contribution in [0.5, 0.6) is 0 Å². The summed E-state index contributed by atoms with van der Waals surface area (Å²) < 4.78 is 5.29. The van der Waals surface area contributed by atoms with Crippen LogP contribution in [0.3, 0.4) is 0 Å². The smallest absolute Gasteiger partial charge is 0.259 e. The fraction of sp³-hybridized carbons (Fsp3) is 0.500. The summed E-state index contributed by atoms with van der Waals surface area (Å²) in [6.07, 6.45) is 4.97. The fourth-order valence-electron chi connectivity index (χ4n) is 3.23. The number of nitrogens with zero attached hydrogens (tertiary/aromatic N) is 3. The van der Waals surface area contributed by atoms with Gasteiger partial charge in [0.05, 0.1) is 5.69 Å². The monoisotopic (exact) mass is 328 g/mol. The Morgan fingerprint density at radius 1 is 1.38 bits per heavy atom. The molecule has 0 unspecified atom stereocenters. The van der Waals surface area contributed by atoms with E-state index in [0.717, 1.165) is 32.5 Å². The summed E-state index contributed by atoms with van der Waals surface area (Å²) >= 11 is 0. The van der Waals surface area contributed by atoms with Crippen LogP contribution in [-0.4, -0.2) is 47.6 Å². The minimum atomic E-state index is 0.00136. The quantitative estimate of drug-likeness (QED) is 0.913. The largest absolute Gasteiger partial charge is 0.360 e.